The first-order valence-corrected chi connectivity index (χ1v) is 28.2. The van der Waals surface area contributed by atoms with Crippen LogP contribution in [0.2, 0.25) is 0 Å². The van der Waals surface area contributed by atoms with Crippen LogP contribution >= 0.6 is 0 Å². The number of hydrogen-bond donors (Lipinski definition) is 0. The zero-order valence-corrected chi connectivity index (χ0v) is 42.6. The molecule has 372 valence electrons. The summed E-state index contributed by atoms with van der Waals surface area (Å²) in [7, 11) is 0. The zero-order chi connectivity index (χ0) is 45.8. The summed E-state index contributed by atoms with van der Waals surface area (Å²) in [4.78, 5) is 38.0. The molecule has 0 aromatic heterocycles. The Kier molecular flexibility index (Phi) is 51.2. The van der Waals surface area contributed by atoms with Crippen LogP contribution in [0.4, 0.5) is 0 Å². The molecule has 1 atom stereocenters. The van der Waals surface area contributed by atoms with Gasteiger partial charge in [0.1, 0.15) is 13.2 Å². The molecule has 0 aliphatic rings. The SMILES string of the molecule is CCCCCCCC/C=C\CCCCCCCCCCCC(=O)OCC(COC(=O)CCCCCCCCCCCCC)OC(=O)CCCCCCCCCCCCCCCCC. The van der Waals surface area contributed by atoms with Gasteiger partial charge < -0.3 is 14.2 Å². The summed E-state index contributed by atoms with van der Waals surface area (Å²) >= 11 is 0. The van der Waals surface area contributed by atoms with Gasteiger partial charge in [0.2, 0.25) is 0 Å². The third kappa shape index (κ3) is 51.0. The van der Waals surface area contributed by atoms with Crippen LogP contribution in [-0.4, -0.2) is 37.2 Å². The first-order chi connectivity index (χ1) is 31.0. The molecule has 0 rings (SSSR count). The number of unbranched alkanes of at least 4 members (excludes halogenated alkanes) is 39. The molecular formula is C57H108O6. The summed E-state index contributed by atoms with van der Waals surface area (Å²) in [6, 6.07) is 0. The van der Waals surface area contributed by atoms with Crippen LogP contribution in [0, 0.1) is 0 Å². The minimum Gasteiger partial charge on any atom is -0.462 e. The Bertz CT molecular complexity index is 978. The number of allylic oxidation sites excluding steroid dienone is 2. The maximum atomic E-state index is 12.8. The lowest BCUT2D eigenvalue weighted by molar-refractivity contribution is -0.167. The lowest BCUT2D eigenvalue weighted by Crippen LogP contribution is -2.30. The maximum absolute atomic E-state index is 12.8. The van der Waals surface area contributed by atoms with Gasteiger partial charge in [0.25, 0.3) is 0 Å². The normalized spacial score (nSPS) is 12.0. The first-order valence-electron chi connectivity index (χ1n) is 28.2. The third-order valence-corrected chi connectivity index (χ3v) is 12.8. The average molecular weight is 889 g/mol. The molecular weight excluding hydrogens is 781 g/mol. The highest BCUT2D eigenvalue weighted by molar-refractivity contribution is 5.71. The fourth-order valence-corrected chi connectivity index (χ4v) is 8.50. The molecule has 0 bridgehead atoms. The third-order valence-electron chi connectivity index (χ3n) is 12.8. The van der Waals surface area contributed by atoms with Gasteiger partial charge in [-0.1, -0.05) is 264 Å². The van der Waals surface area contributed by atoms with Gasteiger partial charge in [-0.25, -0.2) is 0 Å². The number of rotatable bonds is 52. The lowest BCUT2D eigenvalue weighted by atomic mass is 10.0. The molecule has 63 heavy (non-hydrogen) atoms. The second kappa shape index (κ2) is 52.8. The Morgan fingerprint density at radius 2 is 0.524 bits per heavy atom. The number of esters is 3. The molecule has 0 aliphatic carbocycles. The molecule has 0 radical (unpaired) electrons. The topological polar surface area (TPSA) is 78.9 Å². The predicted octanol–water partition coefficient (Wildman–Crippen LogP) is 18.5. The monoisotopic (exact) mass is 889 g/mol. The van der Waals surface area contributed by atoms with Crippen molar-refractivity contribution in [3.05, 3.63) is 12.2 Å². The average Bonchev–Trinajstić information content (AvgIpc) is 3.28. The molecule has 1 unspecified atom stereocenters. The predicted molar refractivity (Wildman–Crippen MR) is 270 cm³/mol. The highest BCUT2D eigenvalue weighted by Gasteiger charge is 2.19. The number of carbonyl (C=O) groups is 3. The van der Waals surface area contributed by atoms with E-state index >= 15 is 0 Å². The van der Waals surface area contributed by atoms with E-state index in [0.29, 0.717) is 19.3 Å². The molecule has 6 heteroatoms. The van der Waals surface area contributed by atoms with Crippen LogP contribution in [0.1, 0.15) is 316 Å². The Balaban J connectivity index is 4.27. The summed E-state index contributed by atoms with van der Waals surface area (Å²) < 4.78 is 16.8. The van der Waals surface area contributed by atoms with Crippen molar-refractivity contribution in [1.82, 2.24) is 0 Å². The molecule has 0 aromatic rings. The fourth-order valence-electron chi connectivity index (χ4n) is 8.50. The van der Waals surface area contributed by atoms with E-state index in [1.165, 1.54) is 218 Å². The van der Waals surface area contributed by atoms with Crippen LogP contribution in [0.25, 0.3) is 0 Å². The van der Waals surface area contributed by atoms with Crippen LogP contribution in [0.3, 0.4) is 0 Å². The van der Waals surface area contributed by atoms with Crippen LogP contribution in [-0.2, 0) is 28.6 Å². The molecule has 0 saturated carbocycles. The second-order valence-corrected chi connectivity index (χ2v) is 19.2. The van der Waals surface area contributed by atoms with E-state index in [9.17, 15) is 14.4 Å². The van der Waals surface area contributed by atoms with Crippen molar-refractivity contribution in [2.45, 2.75) is 322 Å². The smallest absolute Gasteiger partial charge is 0.306 e. The molecule has 0 saturated heterocycles. The minimum absolute atomic E-state index is 0.0648. The van der Waals surface area contributed by atoms with Crippen molar-refractivity contribution in [2.24, 2.45) is 0 Å². The van der Waals surface area contributed by atoms with E-state index in [0.717, 1.165) is 57.8 Å². The molecule has 0 aliphatic heterocycles. The number of carbonyl (C=O) groups excluding carboxylic acids is 3. The second-order valence-electron chi connectivity index (χ2n) is 19.2. The van der Waals surface area contributed by atoms with Gasteiger partial charge in [-0.2, -0.15) is 0 Å². The van der Waals surface area contributed by atoms with E-state index in [4.69, 9.17) is 14.2 Å². The number of hydrogen-bond acceptors (Lipinski definition) is 6. The van der Waals surface area contributed by atoms with Gasteiger partial charge in [-0.3, -0.25) is 14.4 Å². The maximum Gasteiger partial charge on any atom is 0.306 e. The van der Waals surface area contributed by atoms with Gasteiger partial charge >= 0.3 is 17.9 Å². The molecule has 0 fully saturated rings. The van der Waals surface area contributed by atoms with Crippen molar-refractivity contribution in [3.8, 4) is 0 Å². The molecule has 0 heterocycles. The van der Waals surface area contributed by atoms with Gasteiger partial charge in [0.05, 0.1) is 0 Å². The van der Waals surface area contributed by atoms with Crippen LogP contribution < -0.4 is 0 Å². The van der Waals surface area contributed by atoms with Crippen LogP contribution in [0.15, 0.2) is 12.2 Å². The Labute approximate surface area is 392 Å². The summed E-state index contributed by atoms with van der Waals surface area (Å²) in [5.74, 6) is -0.846. The molecule has 0 N–H and O–H groups in total. The molecule has 0 amide bonds. The fraction of sp³-hybridized carbons (Fsp3) is 0.912. The van der Waals surface area contributed by atoms with Gasteiger partial charge in [-0.05, 0) is 44.9 Å². The Morgan fingerprint density at radius 1 is 0.302 bits per heavy atom. The lowest BCUT2D eigenvalue weighted by Gasteiger charge is -2.18. The molecule has 6 nitrogen and oxygen atoms in total. The van der Waals surface area contributed by atoms with E-state index in [-0.39, 0.29) is 31.1 Å². The van der Waals surface area contributed by atoms with E-state index in [1.54, 1.807) is 0 Å². The standard InChI is InChI=1S/C57H108O6/c1-4-7-10-13-16-19-22-24-26-27-28-29-31-32-35-38-41-44-47-50-56(59)62-53-54(52-61-55(58)49-46-43-40-37-34-21-18-15-12-9-6-3)63-57(60)51-48-45-42-39-36-33-30-25-23-20-17-14-11-8-5-2/h24,26,54H,4-23,25,27-53H2,1-3H3/b26-24-. The van der Waals surface area contributed by atoms with E-state index in [2.05, 4.69) is 32.9 Å². The minimum atomic E-state index is -0.764. The molecule has 0 aromatic carbocycles. The van der Waals surface area contributed by atoms with Crippen molar-refractivity contribution in [3.63, 3.8) is 0 Å². The van der Waals surface area contributed by atoms with Gasteiger partial charge in [0.15, 0.2) is 6.10 Å². The highest BCUT2D eigenvalue weighted by atomic mass is 16.6. The van der Waals surface area contributed by atoms with Gasteiger partial charge in [-0.15, -0.1) is 0 Å². The summed E-state index contributed by atoms with van der Waals surface area (Å²) in [5, 5.41) is 0. The summed E-state index contributed by atoms with van der Waals surface area (Å²) in [6.45, 7) is 6.68. The highest BCUT2D eigenvalue weighted by Crippen LogP contribution is 2.17. The quantitative estimate of drug-likeness (QED) is 0.0262. The van der Waals surface area contributed by atoms with E-state index in [1.807, 2.05) is 0 Å². The van der Waals surface area contributed by atoms with Crippen molar-refractivity contribution >= 4 is 17.9 Å². The van der Waals surface area contributed by atoms with Crippen molar-refractivity contribution in [1.29, 1.82) is 0 Å². The molecule has 0 spiro atoms. The Hall–Kier alpha value is -1.85. The van der Waals surface area contributed by atoms with Crippen molar-refractivity contribution < 1.29 is 28.6 Å². The number of ether oxygens (including phenoxy) is 3. The summed E-state index contributed by atoms with van der Waals surface area (Å²) in [6.07, 6.45) is 59.1. The summed E-state index contributed by atoms with van der Waals surface area (Å²) in [5.41, 5.74) is 0. The van der Waals surface area contributed by atoms with Gasteiger partial charge in [0, 0.05) is 19.3 Å². The van der Waals surface area contributed by atoms with Crippen LogP contribution in [0.5, 0.6) is 0 Å². The van der Waals surface area contributed by atoms with Crippen molar-refractivity contribution in [2.75, 3.05) is 13.2 Å². The first kappa shape index (κ1) is 61.1. The largest absolute Gasteiger partial charge is 0.462 e. The van der Waals surface area contributed by atoms with E-state index < -0.39 is 6.10 Å². The zero-order valence-electron chi connectivity index (χ0n) is 42.6. The Morgan fingerprint density at radius 3 is 0.794 bits per heavy atom.